The van der Waals surface area contributed by atoms with Gasteiger partial charge in [-0.3, -0.25) is 4.79 Å². The number of halogens is 3. The maximum absolute atomic E-state index is 12.6. The second-order valence-corrected chi connectivity index (χ2v) is 5.35. The molecule has 0 radical (unpaired) electrons. The molecule has 7 heteroatoms. The van der Waals surface area contributed by atoms with E-state index < -0.39 is 17.6 Å². The van der Waals surface area contributed by atoms with E-state index in [9.17, 15) is 18.0 Å². The third-order valence-corrected chi connectivity index (χ3v) is 3.80. The Balaban J connectivity index is 2.03. The molecule has 0 aliphatic heterocycles. The highest BCUT2D eigenvalue weighted by Crippen LogP contribution is 2.29. The quantitative estimate of drug-likeness (QED) is 0.904. The lowest BCUT2D eigenvalue weighted by molar-refractivity contribution is -0.137. The van der Waals surface area contributed by atoms with E-state index >= 15 is 0 Å². The Morgan fingerprint density at radius 2 is 2.14 bits per heavy atom. The highest BCUT2D eigenvalue weighted by atomic mass is 32.1. The fourth-order valence-electron chi connectivity index (χ4n) is 1.92. The van der Waals surface area contributed by atoms with E-state index in [4.69, 9.17) is 4.74 Å². The molecule has 2 rings (SSSR count). The number of nitrogens with one attached hydrogen (secondary N) is 1. The van der Waals surface area contributed by atoms with Crippen LogP contribution in [0.15, 0.2) is 41.1 Å². The van der Waals surface area contributed by atoms with Crippen molar-refractivity contribution >= 4 is 17.2 Å². The van der Waals surface area contributed by atoms with Crippen molar-refractivity contribution < 1.29 is 22.7 Å². The molecule has 1 unspecified atom stereocenters. The van der Waals surface area contributed by atoms with Crippen LogP contribution < -0.4 is 5.32 Å². The van der Waals surface area contributed by atoms with Crippen LogP contribution in [0, 0.1) is 0 Å². The second kappa shape index (κ2) is 6.93. The zero-order chi connectivity index (χ0) is 16.2. The van der Waals surface area contributed by atoms with Crippen molar-refractivity contribution in [1.82, 2.24) is 5.32 Å². The van der Waals surface area contributed by atoms with Crippen LogP contribution in [0.4, 0.5) is 13.2 Å². The first-order valence-corrected chi connectivity index (χ1v) is 7.36. The molecule has 0 aliphatic carbocycles. The van der Waals surface area contributed by atoms with Crippen LogP contribution in [0.5, 0.6) is 0 Å². The molecular weight excluding hydrogens is 315 g/mol. The van der Waals surface area contributed by atoms with Gasteiger partial charge in [0, 0.05) is 19.2 Å². The number of ether oxygens (including phenoxy) is 1. The van der Waals surface area contributed by atoms with Crippen LogP contribution in [-0.2, 0) is 10.9 Å². The van der Waals surface area contributed by atoms with Crippen LogP contribution in [0.25, 0.3) is 0 Å². The van der Waals surface area contributed by atoms with Gasteiger partial charge in [-0.15, -0.1) is 0 Å². The van der Waals surface area contributed by atoms with Crippen molar-refractivity contribution in [2.24, 2.45) is 0 Å². The van der Waals surface area contributed by atoms with Gasteiger partial charge < -0.3 is 10.1 Å². The first-order chi connectivity index (χ1) is 10.4. The summed E-state index contributed by atoms with van der Waals surface area (Å²) >= 11 is 1.50. The number of amides is 1. The summed E-state index contributed by atoms with van der Waals surface area (Å²) in [5.41, 5.74) is 0.0353. The Morgan fingerprint density at radius 3 is 2.73 bits per heavy atom. The van der Waals surface area contributed by atoms with Crippen molar-refractivity contribution in [2.45, 2.75) is 12.3 Å². The maximum Gasteiger partial charge on any atom is 0.416 e. The van der Waals surface area contributed by atoms with Crippen LogP contribution in [0.3, 0.4) is 0 Å². The molecule has 2 aromatic rings. The van der Waals surface area contributed by atoms with E-state index in [0.717, 1.165) is 17.7 Å². The van der Waals surface area contributed by atoms with Crippen molar-refractivity contribution in [2.75, 3.05) is 13.7 Å². The van der Waals surface area contributed by atoms with Crippen molar-refractivity contribution in [3.8, 4) is 0 Å². The van der Waals surface area contributed by atoms with Gasteiger partial charge in [-0.25, -0.2) is 0 Å². The molecule has 0 fully saturated rings. The summed E-state index contributed by atoms with van der Waals surface area (Å²) in [5, 5.41) is 6.37. The zero-order valence-electron chi connectivity index (χ0n) is 11.7. The highest BCUT2D eigenvalue weighted by molar-refractivity contribution is 7.07. The van der Waals surface area contributed by atoms with Gasteiger partial charge in [-0.2, -0.15) is 24.5 Å². The molecule has 0 bridgehead atoms. The Labute approximate surface area is 129 Å². The Bertz CT molecular complexity index is 626. The van der Waals surface area contributed by atoms with E-state index in [2.05, 4.69) is 5.32 Å². The van der Waals surface area contributed by atoms with Crippen LogP contribution in [0.2, 0.25) is 0 Å². The molecule has 0 spiro atoms. The predicted octanol–water partition coefficient (Wildman–Crippen LogP) is 3.88. The maximum atomic E-state index is 12.6. The minimum atomic E-state index is -4.47. The summed E-state index contributed by atoms with van der Waals surface area (Å²) in [7, 11) is 1.51. The molecule has 1 aromatic carbocycles. The number of methoxy groups -OCH3 is 1. The van der Waals surface area contributed by atoms with Gasteiger partial charge in [0.25, 0.3) is 5.91 Å². The number of rotatable bonds is 5. The molecule has 0 saturated heterocycles. The molecule has 3 nitrogen and oxygen atoms in total. The fourth-order valence-corrected chi connectivity index (χ4v) is 2.62. The first-order valence-electron chi connectivity index (χ1n) is 6.42. The Morgan fingerprint density at radius 1 is 1.36 bits per heavy atom. The summed E-state index contributed by atoms with van der Waals surface area (Å²) < 4.78 is 43.2. The third kappa shape index (κ3) is 4.08. The largest absolute Gasteiger partial charge is 0.416 e. The molecular formula is C15H14F3NO2S. The number of hydrogen-bond acceptors (Lipinski definition) is 3. The first kappa shape index (κ1) is 16.5. The van der Waals surface area contributed by atoms with Gasteiger partial charge in [0.15, 0.2) is 0 Å². The number of hydrogen-bond donors (Lipinski definition) is 1. The van der Waals surface area contributed by atoms with Gasteiger partial charge in [0.05, 0.1) is 5.56 Å². The summed E-state index contributed by atoms with van der Waals surface area (Å²) in [6.07, 6.45) is -4.80. The van der Waals surface area contributed by atoms with Crippen LogP contribution in [0.1, 0.15) is 27.6 Å². The van der Waals surface area contributed by atoms with Crippen molar-refractivity contribution in [1.29, 1.82) is 0 Å². The average molecular weight is 329 g/mol. The topological polar surface area (TPSA) is 38.3 Å². The fraction of sp³-hybridized carbons (Fsp3) is 0.267. The van der Waals surface area contributed by atoms with Gasteiger partial charge in [-0.05, 0) is 40.6 Å². The Hall–Kier alpha value is -1.86. The third-order valence-electron chi connectivity index (χ3n) is 3.10. The van der Waals surface area contributed by atoms with E-state index in [-0.39, 0.29) is 18.2 Å². The van der Waals surface area contributed by atoms with E-state index in [1.54, 1.807) is 0 Å². The summed E-state index contributed by atoms with van der Waals surface area (Å²) in [4.78, 5) is 12.0. The lowest BCUT2D eigenvalue weighted by Crippen LogP contribution is -2.29. The highest BCUT2D eigenvalue weighted by Gasteiger charge is 2.30. The second-order valence-electron chi connectivity index (χ2n) is 4.57. The number of carbonyl (C=O) groups excluding carboxylic acids is 1. The molecule has 118 valence electrons. The summed E-state index contributed by atoms with van der Waals surface area (Å²) in [6, 6.07) is 6.19. The van der Waals surface area contributed by atoms with E-state index in [0.29, 0.717) is 0 Å². The molecule has 0 aliphatic rings. The molecule has 1 N–H and O–H groups in total. The van der Waals surface area contributed by atoms with Crippen LogP contribution in [-0.4, -0.2) is 19.6 Å². The molecule has 0 saturated carbocycles. The smallest absolute Gasteiger partial charge is 0.375 e. The SMILES string of the molecule is COC(CNC(=O)c1cccc(C(F)(F)F)c1)c1ccsc1. The molecule has 22 heavy (non-hydrogen) atoms. The number of carbonyl (C=O) groups is 1. The van der Waals surface area contributed by atoms with Gasteiger partial charge in [-0.1, -0.05) is 6.07 Å². The minimum absolute atomic E-state index is 0.0324. The average Bonchev–Trinajstić information content (AvgIpc) is 3.01. The van der Waals surface area contributed by atoms with Gasteiger partial charge >= 0.3 is 6.18 Å². The molecule has 1 atom stereocenters. The van der Waals surface area contributed by atoms with Gasteiger partial charge in [0.2, 0.25) is 0 Å². The number of benzene rings is 1. The standard InChI is InChI=1S/C15H14F3NO2S/c1-21-13(11-5-6-22-9-11)8-19-14(20)10-3-2-4-12(7-10)15(16,17)18/h2-7,9,13H,8H2,1H3,(H,19,20). The lowest BCUT2D eigenvalue weighted by Gasteiger charge is -2.15. The zero-order valence-corrected chi connectivity index (χ0v) is 12.5. The van der Waals surface area contributed by atoms with E-state index in [1.165, 1.54) is 30.6 Å². The monoisotopic (exact) mass is 329 g/mol. The number of alkyl halides is 3. The van der Waals surface area contributed by atoms with E-state index in [1.807, 2.05) is 16.8 Å². The summed E-state index contributed by atoms with van der Waals surface area (Å²) in [6.45, 7) is 0.183. The molecule has 1 amide bonds. The predicted molar refractivity (Wildman–Crippen MR) is 77.8 cm³/mol. The minimum Gasteiger partial charge on any atom is -0.375 e. The van der Waals surface area contributed by atoms with Crippen molar-refractivity contribution in [3.63, 3.8) is 0 Å². The number of thiophene rings is 1. The van der Waals surface area contributed by atoms with Gasteiger partial charge in [0.1, 0.15) is 6.10 Å². The lowest BCUT2D eigenvalue weighted by atomic mass is 10.1. The molecule has 1 heterocycles. The normalized spacial score (nSPS) is 12.9. The Kier molecular flexibility index (Phi) is 5.20. The van der Waals surface area contributed by atoms with Crippen LogP contribution >= 0.6 is 11.3 Å². The molecule has 1 aromatic heterocycles. The van der Waals surface area contributed by atoms with Crippen molar-refractivity contribution in [3.05, 3.63) is 57.8 Å². The summed E-state index contributed by atoms with van der Waals surface area (Å²) in [5.74, 6) is -0.566.